The van der Waals surface area contributed by atoms with Gasteiger partial charge < -0.3 is 19.9 Å². The summed E-state index contributed by atoms with van der Waals surface area (Å²) in [6.07, 6.45) is 3.52. The van der Waals surface area contributed by atoms with Crippen LogP contribution in [0.2, 0.25) is 0 Å². The molecule has 178 valence electrons. The van der Waals surface area contributed by atoms with Gasteiger partial charge in [-0.25, -0.2) is 0 Å². The van der Waals surface area contributed by atoms with Gasteiger partial charge in [0, 0.05) is 62.1 Å². The van der Waals surface area contributed by atoms with Crippen molar-refractivity contribution in [1.82, 2.24) is 10.2 Å². The van der Waals surface area contributed by atoms with Crippen LogP contribution in [0.3, 0.4) is 0 Å². The average Bonchev–Trinajstić information content (AvgIpc) is 3.32. The number of amides is 1. The zero-order valence-electron chi connectivity index (χ0n) is 20.4. The molecule has 2 aromatic rings. The highest BCUT2D eigenvalue weighted by molar-refractivity contribution is 7.10. The van der Waals surface area contributed by atoms with E-state index in [0.29, 0.717) is 12.1 Å². The quantitative estimate of drug-likeness (QED) is 0.511. The third-order valence-corrected chi connectivity index (χ3v) is 7.05. The molecular formula is C26H36N4O2S. The Morgan fingerprint density at radius 2 is 2.09 bits per heavy atom. The number of benzene rings is 1. The number of hydrogen-bond donors (Lipinski definition) is 1. The van der Waals surface area contributed by atoms with E-state index >= 15 is 0 Å². The number of anilines is 1. The summed E-state index contributed by atoms with van der Waals surface area (Å²) in [5.74, 6) is 1.03. The maximum Gasteiger partial charge on any atom is 0.261 e. The van der Waals surface area contributed by atoms with Gasteiger partial charge in [0.25, 0.3) is 5.91 Å². The Labute approximate surface area is 202 Å². The number of ether oxygens (including phenoxy) is 1. The lowest BCUT2D eigenvalue weighted by molar-refractivity contribution is -0.114. The lowest BCUT2D eigenvalue weighted by Crippen LogP contribution is -2.34. The molecule has 1 aliphatic rings. The number of likely N-dealkylation sites (N-methyl/N-ethyl adjacent to an activating group) is 1. The van der Waals surface area contributed by atoms with E-state index < -0.39 is 0 Å². The normalized spacial score (nSPS) is 16.9. The van der Waals surface area contributed by atoms with Crippen molar-refractivity contribution >= 4 is 29.1 Å². The Hall–Kier alpha value is -2.64. The van der Waals surface area contributed by atoms with Gasteiger partial charge in [0.15, 0.2) is 0 Å². The van der Waals surface area contributed by atoms with E-state index in [2.05, 4.69) is 53.6 Å². The van der Waals surface area contributed by atoms with Crippen LogP contribution in [0.25, 0.3) is 0 Å². The molecule has 2 unspecified atom stereocenters. The van der Waals surface area contributed by atoms with Gasteiger partial charge in [-0.1, -0.05) is 26.0 Å². The third kappa shape index (κ3) is 6.03. The van der Waals surface area contributed by atoms with E-state index in [1.165, 1.54) is 4.88 Å². The van der Waals surface area contributed by atoms with Crippen LogP contribution < -0.4 is 15.0 Å². The minimum atomic E-state index is -0.0293. The van der Waals surface area contributed by atoms with Crippen LogP contribution in [0.15, 0.2) is 58.0 Å². The maximum absolute atomic E-state index is 13.7. The first-order chi connectivity index (χ1) is 16.0. The second kappa shape index (κ2) is 12.0. The van der Waals surface area contributed by atoms with Crippen molar-refractivity contribution in [2.75, 3.05) is 45.7 Å². The van der Waals surface area contributed by atoms with E-state index in [9.17, 15) is 4.79 Å². The largest absolute Gasteiger partial charge is 0.485 e. The SMILES string of the molecule is CCC(C)C1=C(C=NC)C(=O)N(c2cccc(OC(CCNC)c3cccs3)c2)CCN1C. The molecule has 1 amide bonds. The van der Waals surface area contributed by atoms with Gasteiger partial charge in [0.05, 0.1) is 5.57 Å². The summed E-state index contributed by atoms with van der Waals surface area (Å²) in [5.41, 5.74) is 2.58. The summed E-state index contributed by atoms with van der Waals surface area (Å²) in [7, 11) is 5.73. The lowest BCUT2D eigenvalue weighted by Gasteiger charge is -2.26. The van der Waals surface area contributed by atoms with Crippen LogP contribution in [0.4, 0.5) is 5.69 Å². The van der Waals surface area contributed by atoms with Crippen molar-refractivity contribution in [3.8, 4) is 5.75 Å². The lowest BCUT2D eigenvalue weighted by atomic mass is 9.98. The molecule has 7 heteroatoms. The molecule has 2 atom stereocenters. The number of nitrogens with zero attached hydrogens (tertiary/aromatic N) is 3. The Bertz CT molecular complexity index is 970. The van der Waals surface area contributed by atoms with E-state index in [1.54, 1.807) is 24.6 Å². The fraction of sp³-hybridized carbons (Fsp3) is 0.462. The first-order valence-corrected chi connectivity index (χ1v) is 12.5. The summed E-state index contributed by atoms with van der Waals surface area (Å²) in [6, 6.07) is 12.0. The molecule has 1 N–H and O–H groups in total. The Kier molecular flexibility index (Phi) is 9.09. The molecule has 0 fully saturated rings. The number of nitrogens with one attached hydrogen (secondary N) is 1. The molecule has 0 aliphatic carbocycles. The second-order valence-corrected chi connectivity index (χ2v) is 9.36. The smallest absolute Gasteiger partial charge is 0.261 e. The van der Waals surface area contributed by atoms with Gasteiger partial charge in [-0.15, -0.1) is 11.3 Å². The van der Waals surface area contributed by atoms with E-state index in [4.69, 9.17) is 4.74 Å². The number of hydrogen-bond acceptors (Lipinski definition) is 6. The topological polar surface area (TPSA) is 57.2 Å². The zero-order chi connectivity index (χ0) is 23.8. The molecule has 1 aliphatic heterocycles. The third-order valence-electron chi connectivity index (χ3n) is 6.08. The van der Waals surface area contributed by atoms with Crippen LogP contribution in [-0.4, -0.2) is 57.8 Å². The summed E-state index contributed by atoms with van der Waals surface area (Å²) in [5, 5.41) is 5.29. The van der Waals surface area contributed by atoms with Crippen molar-refractivity contribution in [3.63, 3.8) is 0 Å². The summed E-state index contributed by atoms with van der Waals surface area (Å²) < 4.78 is 6.41. The highest BCUT2D eigenvalue weighted by Gasteiger charge is 2.30. The molecule has 3 rings (SSSR count). The van der Waals surface area contributed by atoms with Gasteiger partial charge in [0.2, 0.25) is 0 Å². The van der Waals surface area contributed by atoms with Crippen LogP contribution in [0.5, 0.6) is 5.75 Å². The number of allylic oxidation sites excluding steroid dienone is 1. The number of aliphatic imine (C=N–C) groups is 1. The highest BCUT2D eigenvalue weighted by Crippen LogP contribution is 2.32. The van der Waals surface area contributed by atoms with Crippen LogP contribution in [0, 0.1) is 5.92 Å². The predicted molar refractivity (Wildman–Crippen MR) is 139 cm³/mol. The van der Waals surface area contributed by atoms with Crippen LogP contribution >= 0.6 is 11.3 Å². The molecule has 2 heterocycles. The molecule has 1 aromatic carbocycles. The van der Waals surface area contributed by atoms with E-state index in [-0.39, 0.29) is 17.9 Å². The summed E-state index contributed by atoms with van der Waals surface area (Å²) >= 11 is 1.70. The molecule has 6 nitrogen and oxygen atoms in total. The first kappa shape index (κ1) is 25.0. The fourth-order valence-electron chi connectivity index (χ4n) is 4.16. The molecule has 1 aromatic heterocycles. The van der Waals surface area contributed by atoms with Crippen molar-refractivity contribution in [3.05, 3.63) is 57.9 Å². The van der Waals surface area contributed by atoms with Gasteiger partial charge in [-0.3, -0.25) is 9.79 Å². The van der Waals surface area contributed by atoms with E-state index in [0.717, 1.165) is 43.1 Å². The van der Waals surface area contributed by atoms with Crippen molar-refractivity contribution in [2.24, 2.45) is 10.9 Å². The monoisotopic (exact) mass is 468 g/mol. The predicted octanol–water partition coefficient (Wildman–Crippen LogP) is 4.76. The van der Waals surface area contributed by atoms with Crippen molar-refractivity contribution in [1.29, 1.82) is 0 Å². The Morgan fingerprint density at radius 1 is 1.27 bits per heavy atom. The number of carbonyl (C=O) groups is 1. The zero-order valence-corrected chi connectivity index (χ0v) is 21.2. The fourth-order valence-corrected chi connectivity index (χ4v) is 4.95. The van der Waals surface area contributed by atoms with Gasteiger partial charge in [-0.2, -0.15) is 0 Å². The molecule has 0 bridgehead atoms. The van der Waals surface area contributed by atoms with Gasteiger partial charge in [-0.05, 0) is 49.5 Å². The highest BCUT2D eigenvalue weighted by atomic mass is 32.1. The molecule has 0 spiro atoms. The van der Waals surface area contributed by atoms with Crippen molar-refractivity contribution < 1.29 is 9.53 Å². The van der Waals surface area contributed by atoms with E-state index in [1.807, 2.05) is 36.2 Å². The molecule has 33 heavy (non-hydrogen) atoms. The van der Waals surface area contributed by atoms with Crippen LogP contribution in [-0.2, 0) is 4.79 Å². The second-order valence-electron chi connectivity index (χ2n) is 8.39. The minimum absolute atomic E-state index is 0.0117. The standard InChI is InChI=1S/C26H36N4O2S/c1-6-19(2)25-22(18-28-4)26(31)30(15-14-29(25)5)20-9-7-10-21(17-20)32-23(12-13-27-3)24-11-8-16-33-24/h7-11,16-19,23,27H,6,12-15H2,1-5H3. The molecular weight excluding hydrogens is 432 g/mol. The Morgan fingerprint density at radius 3 is 2.76 bits per heavy atom. The summed E-state index contributed by atoms with van der Waals surface area (Å²) in [6.45, 7) is 6.55. The van der Waals surface area contributed by atoms with Gasteiger partial charge in [0.1, 0.15) is 11.9 Å². The first-order valence-electron chi connectivity index (χ1n) is 11.6. The van der Waals surface area contributed by atoms with Gasteiger partial charge >= 0.3 is 0 Å². The van der Waals surface area contributed by atoms with Crippen molar-refractivity contribution in [2.45, 2.75) is 32.8 Å². The summed E-state index contributed by atoms with van der Waals surface area (Å²) in [4.78, 5) is 23.1. The maximum atomic E-state index is 13.7. The number of thiophene rings is 1. The number of rotatable bonds is 10. The average molecular weight is 469 g/mol. The molecule has 0 radical (unpaired) electrons. The molecule has 0 saturated carbocycles. The van der Waals surface area contributed by atoms with Crippen LogP contribution in [0.1, 0.15) is 37.7 Å². The Balaban J connectivity index is 1.91. The number of carbonyl (C=O) groups excluding carboxylic acids is 1. The minimum Gasteiger partial charge on any atom is -0.485 e. The molecule has 0 saturated heterocycles.